The average Bonchev–Trinajstić information content (AvgIpc) is 3.02. The van der Waals surface area contributed by atoms with Crippen molar-refractivity contribution in [2.24, 2.45) is 5.92 Å². The summed E-state index contributed by atoms with van der Waals surface area (Å²) in [5, 5.41) is 3.74. The highest BCUT2D eigenvalue weighted by molar-refractivity contribution is 4.94. The van der Waals surface area contributed by atoms with E-state index in [9.17, 15) is 0 Å². The number of likely N-dealkylation sites (N-methyl/N-ethyl adjacent to an activating group) is 1. The van der Waals surface area contributed by atoms with E-state index in [2.05, 4.69) is 31.0 Å². The van der Waals surface area contributed by atoms with Crippen LogP contribution in [-0.4, -0.2) is 36.1 Å². The zero-order valence-corrected chi connectivity index (χ0v) is 13.3. The molecule has 2 heteroatoms. The van der Waals surface area contributed by atoms with Crippen LogP contribution in [0.3, 0.4) is 0 Å². The molecule has 2 fully saturated rings. The Hall–Kier alpha value is -0.0800. The van der Waals surface area contributed by atoms with Crippen LogP contribution in [0.2, 0.25) is 0 Å². The minimum absolute atomic E-state index is 0.762. The van der Waals surface area contributed by atoms with Crippen molar-refractivity contribution < 1.29 is 0 Å². The number of rotatable bonds is 7. The Balaban J connectivity index is 1.98. The van der Waals surface area contributed by atoms with Gasteiger partial charge in [-0.15, -0.1) is 0 Å². The fourth-order valence-electron chi connectivity index (χ4n) is 4.10. The van der Waals surface area contributed by atoms with Gasteiger partial charge in [-0.25, -0.2) is 0 Å². The smallest absolute Gasteiger partial charge is 0.0252 e. The maximum absolute atomic E-state index is 3.74. The molecule has 0 amide bonds. The van der Waals surface area contributed by atoms with Gasteiger partial charge in [-0.1, -0.05) is 40.0 Å². The SMILES string of the molecule is CCNC1CCCC1N(CCC(C)C)C1CCCC1. The van der Waals surface area contributed by atoms with Gasteiger partial charge in [0.1, 0.15) is 0 Å². The molecule has 0 bridgehead atoms. The standard InChI is InChI=1S/C17H34N2/c1-4-18-16-10-7-11-17(16)19(13-12-14(2)3)15-8-5-6-9-15/h14-18H,4-13H2,1-3H3. The molecule has 0 heterocycles. The first-order valence-electron chi connectivity index (χ1n) is 8.71. The Morgan fingerprint density at radius 1 is 1.05 bits per heavy atom. The van der Waals surface area contributed by atoms with Crippen LogP contribution in [0.25, 0.3) is 0 Å². The zero-order valence-electron chi connectivity index (χ0n) is 13.3. The van der Waals surface area contributed by atoms with E-state index < -0.39 is 0 Å². The van der Waals surface area contributed by atoms with Crippen LogP contribution in [0.15, 0.2) is 0 Å². The largest absolute Gasteiger partial charge is 0.313 e. The predicted molar refractivity (Wildman–Crippen MR) is 83.5 cm³/mol. The fraction of sp³-hybridized carbons (Fsp3) is 1.00. The van der Waals surface area contributed by atoms with Crippen LogP contribution >= 0.6 is 0 Å². The molecule has 0 aromatic carbocycles. The summed E-state index contributed by atoms with van der Waals surface area (Å²) in [5.74, 6) is 0.836. The molecule has 2 aliphatic carbocycles. The molecule has 0 spiro atoms. The first-order chi connectivity index (χ1) is 9.22. The average molecular weight is 266 g/mol. The Bertz CT molecular complexity index is 246. The summed E-state index contributed by atoms with van der Waals surface area (Å²) in [6.07, 6.45) is 11.4. The van der Waals surface area contributed by atoms with Gasteiger partial charge < -0.3 is 5.32 Å². The van der Waals surface area contributed by atoms with E-state index >= 15 is 0 Å². The van der Waals surface area contributed by atoms with E-state index in [0.29, 0.717) is 0 Å². The lowest BCUT2D eigenvalue weighted by molar-refractivity contribution is 0.112. The van der Waals surface area contributed by atoms with Crippen LogP contribution in [-0.2, 0) is 0 Å². The molecule has 2 atom stereocenters. The van der Waals surface area contributed by atoms with Crippen molar-refractivity contribution >= 4 is 0 Å². The molecule has 2 unspecified atom stereocenters. The molecule has 2 aliphatic rings. The molecule has 19 heavy (non-hydrogen) atoms. The van der Waals surface area contributed by atoms with Crippen LogP contribution < -0.4 is 5.32 Å². The normalized spacial score (nSPS) is 28.9. The molecule has 112 valence electrons. The summed E-state index contributed by atoms with van der Waals surface area (Å²) in [7, 11) is 0. The summed E-state index contributed by atoms with van der Waals surface area (Å²) >= 11 is 0. The lowest BCUT2D eigenvalue weighted by atomic mass is 10.0. The Morgan fingerprint density at radius 3 is 2.42 bits per heavy atom. The first-order valence-corrected chi connectivity index (χ1v) is 8.71. The molecular weight excluding hydrogens is 232 g/mol. The van der Waals surface area contributed by atoms with E-state index in [1.165, 1.54) is 57.9 Å². The Morgan fingerprint density at radius 2 is 1.79 bits per heavy atom. The van der Waals surface area contributed by atoms with Crippen LogP contribution in [0.4, 0.5) is 0 Å². The molecule has 2 rings (SSSR count). The molecule has 0 aliphatic heterocycles. The quantitative estimate of drug-likeness (QED) is 0.754. The van der Waals surface area contributed by atoms with E-state index in [1.807, 2.05) is 0 Å². The number of nitrogens with zero attached hydrogens (tertiary/aromatic N) is 1. The third kappa shape index (κ3) is 4.19. The number of hydrogen-bond donors (Lipinski definition) is 1. The predicted octanol–water partition coefficient (Wildman–Crippen LogP) is 3.81. The van der Waals surface area contributed by atoms with Gasteiger partial charge in [0.05, 0.1) is 0 Å². The fourth-order valence-corrected chi connectivity index (χ4v) is 4.10. The van der Waals surface area contributed by atoms with Crippen molar-refractivity contribution in [1.82, 2.24) is 10.2 Å². The molecule has 2 nitrogen and oxygen atoms in total. The van der Waals surface area contributed by atoms with Gasteiger partial charge in [-0.05, 0) is 51.1 Å². The van der Waals surface area contributed by atoms with Crippen LogP contribution in [0.1, 0.15) is 72.1 Å². The van der Waals surface area contributed by atoms with Crippen molar-refractivity contribution in [2.75, 3.05) is 13.1 Å². The summed E-state index contributed by atoms with van der Waals surface area (Å²) in [6.45, 7) is 9.44. The highest BCUT2D eigenvalue weighted by atomic mass is 15.2. The highest BCUT2D eigenvalue weighted by Gasteiger charge is 2.35. The van der Waals surface area contributed by atoms with Gasteiger partial charge in [0.2, 0.25) is 0 Å². The van der Waals surface area contributed by atoms with E-state index in [0.717, 1.165) is 30.6 Å². The van der Waals surface area contributed by atoms with Gasteiger partial charge in [0.15, 0.2) is 0 Å². The third-order valence-electron chi connectivity index (χ3n) is 5.13. The Kier molecular flexibility index (Phi) is 6.15. The number of nitrogens with one attached hydrogen (secondary N) is 1. The van der Waals surface area contributed by atoms with Crippen molar-refractivity contribution in [3.05, 3.63) is 0 Å². The maximum atomic E-state index is 3.74. The summed E-state index contributed by atoms with van der Waals surface area (Å²) in [5.41, 5.74) is 0. The molecule has 0 saturated heterocycles. The summed E-state index contributed by atoms with van der Waals surface area (Å²) in [4.78, 5) is 2.91. The van der Waals surface area contributed by atoms with E-state index in [1.54, 1.807) is 0 Å². The summed E-state index contributed by atoms with van der Waals surface area (Å²) < 4.78 is 0. The van der Waals surface area contributed by atoms with Gasteiger partial charge >= 0.3 is 0 Å². The second-order valence-electron chi connectivity index (χ2n) is 7.02. The van der Waals surface area contributed by atoms with Crippen molar-refractivity contribution in [1.29, 1.82) is 0 Å². The van der Waals surface area contributed by atoms with E-state index in [-0.39, 0.29) is 0 Å². The second-order valence-corrected chi connectivity index (χ2v) is 7.02. The lowest BCUT2D eigenvalue weighted by Crippen LogP contribution is -2.51. The zero-order chi connectivity index (χ0) is 13.7. The molecule has 2 saturated carbocycles. The van der Waals surface area contributed by atoms with Gasteiger partial charge in [-0.2, -0.15) is 0 Å². The van der Waals surface area contributed by atoms with Crippen LogP contribution in [0, 0.1) is 5.92 Å². The number of hydrogen-bond acceptors (Lipinski definition) is 2. The maximum Gasteiger partial charge on any atom is 0.0252 e. The van der Waals surface area contributed by atoms with Gasteiger partial charge in [-0.3, -0.25) is 4.90 Å². The van der Waals surface area contributed by atoms with Crippen molar-refractivity contribution in [3.8, 4) is 0 Å². The second kappa shape index (κ2) is 7.64. The van der Waals surface area contributed by atoms with E-state index in [4.69, 9.17) is 0 Å². The summed E-state index contributed by atoms with van der Waals surface area (Å²) in [6, 6.07) is 2.47. The molecule has 0 aromatic heterocycles. The van der Waals surface area contributed by atoms with Gasteiger partial charge in [0, 0.05) is 18.1 Å². The minimum Gasteiger partial charge on any atom is -0.313 e. The Labute approximate surface area is 120 Å². The van der Waals surface area contributed by atoms with Gasteiger partial charge in [0.25, 0.3) is 0 Å². The van der Waals surface area contributed by atoms with Crippen LogP contribution in [0.5, 0.6) is 0 Å². The third-order valence-corrected chi connectivity index (χ3v) is 5.13. The topological polar surface area (TPSA) is 15.3 Å². The van der Waals surface area contributed by atoms with Crippen molar-refractivity contribution in [2.45, 2.75) is 90.3 Å². The minimum atomic E-state index is 0.762. The first kappa shape index (κ1) is 15.3. The monoisotopic (exact) mass is 266 g/mol. The molecule has 0 aromatic rings. The molecule has 0 radical (unpaired) electrons. The lowest BCUT2D eigenvalue weighted by Gasteiger charge is -2.38. The molecular formula is C17H34N2. The highest BCUT2D eigenvalue weighted by Crippen LogP contribution is 2.32. The van der Waals surface area contributed by atoms with Crippen molar-refractivity contribution in [3.63, 3.8) is 0 Å². The molecule has 1 N–H and O–H groups in total.